The van der Waals surface area contributed by atoms with Crippen LogP contribution < -0.4 is 14.3 Å². The number of nitrogens with zero attached hydrogens (tertiary/aromatic N) is 1. The molecular formula is C34H27ClF3N3O5S2. The molecule has 0 saturated heterocycles. The number of halogens is 4. The topological polar surface area (TPSA) is 113 Å². The van der Waals surface area contributed by atoms with E-state index in [1.807, 2.05) is 6.92 Å². The van der Waals surface area contributed by atoms with Crippen LogP contribution in [0.15, 0.2) is 131 Å². The Hall–Kier alpha value is -4.85. The molecule has 5 aromatic carbocycles. The molecule has 48 heavy (non-hydrogen) atoms. The second kappa shape index (κ2) is 13.7. The van der Waals surface area contributed by atoms with Crippen LogP contribution in [0.2, 0.25) is 5.02 Å². The largest absolute Gasteiger partial charge is 0.416 e. The average molecular weight is 714 g/mol. The lowest BCUT2D eigenvalue weighted by atomic mass is 10.1. The minimum atomic E-state index is -4.66. The van der Waals surface area contributed by atoms with Crippen LogP contribution in [-0.2, 0) is 32.8 Å². The molecule has 0 aromatic heterocycles. The number of amides is 1. The first-order chi connectivity index (χ1) is 22.6. The first kappa shape index (κ1) is 34.5. The predicted molar refractivity (Wildman–Crippen MR) is 179 cm³/mol. The number of aryl methyl sites for hydroxylation is 1. The highest BCUT2D eigenvalue weighted by Gasteiger charge is 2.31. The number of sulfonamides is 2. The van der Waals surface area contributed by atoms with Crippen LogP contribution in [0, 0.1) is 6.92 Å². The van der Waals surface area contributed by atoms with Gasteiger partial charge in [-0.3, -0.25) is 13.8 Å². The molecule has 0 aliphatic heterocycles. The lowest BCUT2D eigenvalue weighted by Gasteiger charge is -2.27. The molecule has 8 nitrogen and oxygen atoms in total. The fourth-order valence-corrected chi connectivity index (χ4v) is 7.31. The SMILES string of the molecule is Cc1ccc(S(=O)(=O)N(Cc2ccc(Cl)cc2)c2ccccc2C(=O)Nc2ccc(S(=O)(=O)Nc3cccc(C(F)(F)F)c3)cc2)cc1. The number of hydrogen-bond donors (Lipinski definition) is 2. The van der Waals surface area contributed by atoms with Gasteiger partial charge in [0.1, 0.15) is 0 Å². The molecule has 248 valence electrons. The van der Waals surface area contributed by atoms with Gasteiger partial charge in [0.2, 0.25) is 0 Å². The van der Waals surface area contributed by atoms with E-state index >= 15 is 0 Å². The third kappa shape index (κ3) is 7.98. The van der Waals surface area contributed by atoms with Crippen molar-refractivity contribution in [2.75, 3.05) is 14.3 Å². The van der Waals surface area contributed by atoms with Gasteiger partial charge in [0.15, 0.2) is 0 Å². The number of hydrogen-bond acceptors (Lipinski definition) is 5. The molecule has 0 aliphatic rings. The van der Waals surface area contributed by atoms with Crippen molar-refractivity contribution in [2.24, 2.45) is 0 Å². The minimum Gasteiger partial charge on any atom is -0.322 e. The maximum atomic E-state index is 14.0. The number of alkyl halides is 3. The lowest BCUT2D eigenvalue weighted by Crippen LogP contribution is -2.32. The van der Waals surface area contributed by atoms with Crippen molar-refractivity contribution in [2.45, 2.75) is 29.4 Å². The maximum absolute atomic E-state index is 14.0. The third-order valence-corrected chi connectivity index (χ3v) is 10.6. The first-order valence-electron chi connectivity index (χ1n) is 14.2. The Labute approximate surface area is 280 Å². The zero-order valence-corrected chi connectivity index (χ0v) is 27.5. The van der Waals surface area contributed by atoms with E-state index in [-0.39, 0.29) is 39.0 Å². The Morgan fingerprint density at radius 3 is 2.02 bits per heavy atom. The lowest BCUT2D eigenvalue weighted by molar-refractivity contribution is -0.137. The fourth-order valence-electron chi connectivity index (χ4n) is 4.66. The van der Waals surface area contributed by atoms with Gasteiger partial charge in [-0.15, -0.1) is 0 Å². The molecule has 0 spiro atoms. The molecule has 0 fully saturated rings. The molecular weight excluding hydrogens is 687 g/mol. The number of benzene rings is 5. The Balaban J connectivity index is 1.42. The maximum Gasteiger partial charge on any atom is 0.416 e. The van der Waals surface area contributed by atoms with Crippen molar-refractivity contribution < 1.29 is 34.8 Å². The average Bonchev–Trinajstić information content (AvgIpc) is 3.04. The molecule has 5 rings (SSSR count). The van der Waals surface area contributed by atoms with E-state index in [0.29, 0.717) is 16.7 Å². The van der Waals surface area contributed by atoms with Gasteiger partial charge >= 0.3 is 6.18 Å². The highest BCUT2D eigenvalue weighted by molar-refractivity contribution is 7.93. The summed E-state index contributed by atoms with van der Waals surface area (Å²) >= 11 is 6.04. The normalized spacial score (nSPS) is 11.9. The number of carbonyl (C=O) groups excluding carboxylic acids is 1. The summed E-state index contributed by atoms with van der Waals surface area (Å²) in [6.07, 6.45) is -4.66. The Bertz CT molecular complexity index is 2160. The number of para-hydroxylation sites is 1. The van der Waals surface area contributed by atoms with E-state index in [9.17, 15) is 34.8 Å². The smallest absolute Gasteiger partial charge is 0.322 e. The van der Waals surface area contributed by atoms with E-state index < -0.39 is 37.7 Å². The van der Waals surface area contributed by atoms with Crippen molar-refractivity contribution in [1.82, 2.24) is 0 Å². The van der Waals surface area contributed by atoms with E-state index in [4.69, 9.17) is 11.6 Å². The summed E-state index contributed by atoms with van der Waals surface area (Å²) in [5.41, 5.74) is 0.476. The quantitative estimate of drug-likeness (QED) is 0.152. The molecule has 0 unspecified atom stereocenters. The summed E-state index contributed by atoms with van der Waals surface area (Å²) in [7, 11) is -8.46. The van der Waals surface area contributed by atoms with Gasteiger partial charge in [-0.2, -0.15) is 13.2 Å². The summed E-state index contributed by atoms with van der Waals surface area (Å²) in [4.78, 5) is 13.4. The van der Waals surface area contributed by atoms with Gasteiger partial charge in [-0.05, 0) is 91.3 Å². The minimum absolute atomic E-state index is 0.0186. The molecule has 0 atom stereocenters. The van der Waals surface area contributed by atoms with Crippen LogP contribution in [0.5, 0.6) is 0 Å². The second-order valence-corrected chi connectivity index (χ2v) is 14.6. The zero-order chi connectivity index (χ0) is 34.7. The van der Waals surface area contributed by atoms with Gasteiger partial charge in [0, 0.05) is 16.4 Å². The fraction of sp³-hybridized carbons (Fsp3) is 0.0882. The Morgan fingerprint density at radius 2 is 1.38 bits per heavy atom. The summed E-state index contributed by atoms with van der Waals surface area (Å²) in [6, 6.07) is 27.8. The number of carbonyl (C=O) groups is 1. The van der Waals surface area contributed by atoms with Gasteiger partial charge in [0.05, 0.1) is 33.2 Å². The van der Waals surface area contributed by atoms with E-state index in [0.717, 1.165) is 22.0 Å². The highest BCUT2D eigenvalue weighted by atomic mass is 35.5. The highest BCUT2D eigenvalue weighted by Crippen LogP contribution is 2.32. The third-order valence-electron chi connectivity index (χ3n) is 7.13. The number of nitrogens with one attached hydrogen (secondary N) is 2. The molecule has 0 bridgehead atoms. The molecule has 0 heterocycles. The predicted octanol–water partition coefficient (Wildman–Crippen LogP) is 8.12. The molecule has 2 N–H and O–H groups in total. The van der Waals surface area contributed by atoms with Crippen LogP contribution in [-0.4, -0.2) is 22.7 Å². The standard InChI is InChI=1S/C34H27ClF3N3O5S2/c1-23-9-17-30(18-10-23)48(45,46)41(22-24-11-13-26(35)14-12-24)32-8-3-2-7-31(32)33(42)39-27-15-19-29(20-16-27)47(43,44)40-28-6-4-5-25(21-28)34(36,37)38/h2-21,40H,22H2,1H3,(H,39,42). The zero-order valence-electron chi connectivity index (χ0n) is 25.1. The van der Waals surface area contributed by atoms with Crippen LogP contribution >= 0.6 is 11.6 Å². The van der Waals surface area contributed by atoms with Crippen molar-refractivity contribution in [1.29, 1.82) is 0 Å². The summed E-state index contributed by atoms with van der Waals surface area (Å²) < 4.78 is 96.3. The van der Waals surface area contributed by atoms with E-state index in [1.54, 1.807) is 48.5 Å². The Morgan fingerprint density at radius 1 is 0.750 bits per heavy atom. The van der Waals surface area contributed by atoms with Crippen LogP contribution in [0.25, 0.3) is 0 Å². The Kier molecular flexibility index (Phi) is 9.85. The first-order valence-corrected chi connectivity index (χ1v) is 17.5. The molecule has 0 radical (unpaired) electrons. The molecule has 0 saturated carbocycles. The molecule has 14 heteroatoms. The van der Waals surface area contributed by atoms with Crippen molar-refractivity contribution in [3.63, 3.8) is 0 Å². The van der Waals surface area contributed by atoms with Gasteiger partial charge in [0.25, 0.3) is 26.0 Å². The summed E-state index contributed by atoms with van der Waals surface area (Å²) in [5, 5.41) is 3.13. The molecule has 1 amide bonds. The number of rotatable bonds is 10. The second-order valence-electron chi connectivity index (χ2n) is 10.6. The van der Waals surface area contributed by atoms with Gasteiger partial charge in [-0.1, -0.05) is 59.6 Å². The summed E-state index contributed by atoms with van der Waals surface area (Å²) in [5.74, 6) is -0.677. The van der Waals surface area contributed by atoms with Crippen LogP contribution in [0.3, 0.4) is 0 Å². The van der Waals surface area contributed by atoms with E-state index in [2.05, 4.69) is 10.0 Å². The summed E-state index contributed by atoms with van der Waals surface area (Å²) in [6.45, 7) is 1.71. The van der Waals surface area contributed by atoms with Crippen molar-refractivity contribution >= 4 is 54.6 Å². The number of anilines is 3. The van der Waals surface area contributed by atoms with Gasteiger partial charge in [-0.25, -0.2) is 16.8 Å². The van der Waals surface area contributed by atoms with Crippen LogP contribution in [0.4, 0.5) is 30.2 Å². The van der Waals surface area contributed by atoms with E-state index in [1.165, 1.54) is 54.6 Å². The van der Waals surface area contributed by atoms with Gasteiger partial charge < -0.3 is 5.32 Å². The van der Waals surface area contributed by atoms with Crippen molar-refractivity contribution in [3.05, 3.63) is 149 Å². The molecule has 0 aliphatic carbocycles. The molecule has 5 aromatic rings. The monoisotopic (exact) mass is 713 g/mol. The van der Waals surface area contributed by atoms with Crippen molar-refractivity contribution in [3.8, 4) is 0 Å². The van der Waals surface area contributed by atoms with Crippen LogP contribution in [0.1, 0.15) is 27.0 Å².